The van der Waals surface area contributed by atoms with E-state index in [-0.39, 0.29) is 33.1 Å². The van der Waals surface area contributed by atoms with Crippen LogP contribution in [0.25, 0.3) is 0 Å². The number of hydrogen-bond acceptors (Lipinski definition) is 4. The lowest BCUT2D eigenvalue weighted by Gasteiger charge is -2.28. The molecule has 0 fully saturated rings. The Kier molecular flexibility index (Phi) is 5.36. The van der Waals surface area contributed by atoms with Crippen molar-refractivity contribution in [3.63, 3.8) is 0 Å². The summed E-state index contributed by atoms with van der Waals surface area (Å²) < 4.78 is 5.02. The molecule has 134 valence electrons. The number of carbonyl (C=O) groups excluding carboxylic acids is 3. The number of para-hydroxylation sites is 2. The minimum absolute atomic E-state index is 0.0551. The molecule has 1 N–H and O–H groups in total. The van der Waals surface area contributed by atoms with E-state index in [1.54, 1.807) is 24.3 Å². The molecule has 6 nitrogen and oxygen atoms in total. The van der Waals surface area contributed by atoms with Gasteiger partial charge in [-0.3, -0.25) is 14.5 Å². The van der Waals surface area contributed by atoms with Crippen LogP contribution >= 0.6 is 34.8 Å². The molecule has 0 spiro atoms. The van der Waals surface area contributed by atoms with Gasteiger partial charge in [0.15, 0.2) is 6.61 Å². The molecule has 0 saturated heterocycles. The van der Waals surface area contributed by atoms with Crippen molar-refractivity contribution in [3.05, 3.63) is 57.0 Å². The number of rotatable bonds is 3. The molecule has 1 aliphatic heterocycles. The highest BCUT2D eigenvalue weighted by Gasteiger charge is 2.28. The Labute approximate surface area is 163 Å². The average molecular weight is 414 g/mol. The largest absolute Gasteiger partial charge is 0.452 e. The lowest BCUT2D eigenvalue weighted by Crippen LogP contribution is -2.44. The second kappa shape index (κ2) is 7.53. The zero-order valence-electron chi connectivity index (χ0n) is 13.1. The fourth-order valence-corrected chi connectivity index (χ4v) is 3.13. The van der Waals surface area contributed by atoms with E-state index in [1.807, 2.05) is 0 Å². The third-order valence-corrected chi connectivity index (χ3v) is 4.77. The predicted molar refractivity (Wildman–Crippen MR) is 99.2 cm³/mol. The third kappa shape index (κ3) is 3.62. The molecule has 2 amide bonds. The molecule has 1 aliphatic rings. The second-order valence-electron chi connectivity index (χ2n) is 5.34. The van der Waals surface area contributed by atoms with E-state index in [4.69, 9.17) is 39.5 Å². The molecule has 26 heavy (non-hydrogen) atoms. The van der Waals surface area contributed by atoms with Gasteiger partial charge in [-0.05, 0) is 24.3 Å². The molecular weight excluding hydrogens is 403 g/mol. The maximum absolute atomic E-state index is 12.5. The molecule has 0 bridgehead atoms. The van der Waals surface area contributed by atoms with Gasteiger partial charge in [-0.2, -0.15) is 0 Å². The van der Waals surface area contributed by atoms with Gasteiger partial charge in [0.1, 0.15) is 6.54 Å². The molecule has 0 aliphatic carbocycles. The van der Waals surface area contributed by atoms with Crippen molar-refractivity contribution in [2.45, 2.75) is 0 Å². The van der Waals surface area contributed by atoms with Crippen molar-refractivity contribution in [2.75, 3.05) is 23.4 Å². The van der Waals surface area contributed by atoms with Crippen LogP contribution in [0.4, 0.5) is 11.4 Å². The van der Waals surface area contributed by atoms with Crippen molar-refractivity contribution in [1.29, 1.82) is 0 Å². The lowest BCUT2D eigenvalue weighted by atomic mass is 10.2. The van der Waals surface area contributed by atoms with Gasteiger partial charge in [0.2, 0.25) is 5.91 Å². The molecule has 2 aromatic carbocycles. The molecule has 9 heteroatoms. The molecule has 0 saturated carbocycles. The van der Waals surface area contributed by atoms with E-state index in [1.165, 1.54) is 17.0 Å². The number of esters is 1. The summed E-state index contributed by atoms with van der Waals surface area (Å²) in [5.74, 6) is -1.79. The summed E-state index contributed by atoms with van der Waals surface area (Å²) in [5, 5.41) is 2.80. The monoisotopic (exact) mass is 412 g/mol. The van der Waals surface area contributed by atoms with Gasteiger partial charge in [0.05, 0.1) is 32.0 Å². The standard InChI is InChI=1S/C17H11Cl3N2O4/c18-9-5-6-10(19)16(20)15(9)17(25)26-8-14(24)22-7-13(23)21-11-3-1-2-4-12(11)22/h1-6H,7-8H2,(H,21,23). The van der Waals surface area contributed by atoms with Crippen LogP contribution in [-0.2, 0) is 14.3 Å². The molecule has 2 aromatic rings. The first-order valence-electron chi connectivity index (χ1n) is 7.38. The van der Waals surface area contributed by atoms with E-state index in [2.05, 4.69) is 5.32 Å². The number of amides is 2. The zero-order chi connectivity index (χ0) is 18.8. The van der Waals surface area contributed by atoms with Crippen LogP contribution in [-0.4, -0.2) is 30.9 Å². The van der Waals surface area contributed by atoms with Crippen LogP contribution in [0.2, 0.25) is 15.1 Å². The number of hydrogen-bond donors (Lipinski definition) is 1. The number of ether oxygens (including phenoxy) is 1. The van der Waals surface area contributed by atoms with Gasteiger partial charge >= 0.3 is 5.97 Å². The van der Waals surface area contributed by atoms with E-state index in [0.717, 1.165) is 0 Å². The number of nitrogens with zero attached hydrogens (tertiary/aromatic N) is 1. The number of benzene rings is 2. The van der Waals surface area contributed by atoms with Crippen molar-refractivity contribution in [1.82, 2.24) is 0 Å². The fourth-order valence-electron chi connectivity index (χ4n) is 2.45. The molecule has 0 aromatic heterocycles. The lowest BCUT2D eigenvalue weighted by molar-refractivity contribution is -0.124. The maximum atomic E-state index is 12.5. The maximum Gasteiger partial charge on any atom is 0.341 e. The van der Waals surface area contributed by atoms with E-state index >= 15 is 0 Å². The first-order valence-corrected chi connectivity index (χ1v) is 8.51. The Morgan fingerprint density at radius 2 is 1.77 bits per heavy atom. The van der Waals surface area contributed by atoms with Gasteiger partial charge in [-0.25, -0.2) is 4.79 Å². The minimum Gasteiger partial charge on any atom is -0.452 e. The molecule has 0 unspecified atom stereocenters. The Bertz CT molecular complexity index is 917. The van der Waals surface area contributed by atoms with Crippen LogP contribution in [0.3, 0.4) is 0 Å². The summed E-state index contributed by atoms with van der Waals surface area (Å²) in [6.07, 6.45) is 0. The highest BCUT2D eigenvalue weighted by molar-refractivity contribution is 6.46. The SMILES string of the molecule is O=C1CN(C(=O)COC(=O)c2c(Cl)ccc(Cl)c2Cl)c2ccccc2N1. The summed E-state index contributed by atoms with van der Waals surface area (Å²) in [5.41, 5.74) is 0.904. The Morgan fingerprint density at radius 1 is 1.08 bits per heavy atom. The molecule has 3 rings (SSSR count). The summed E-state index contributed by atoms with van der Waals surface area (Å²) in [6, 6.07) is 9.66. The van der Waals surface area contributed by atoms with Crippen LogP contribution in [0.1, 0.15) is 10.4 Å². The smallest absolute Gasteiger partial charge is 0.341 e. The fraction of sp³-hybridized carbons (Fsp3) is 0.118. The number of nitrogens with one attached hydrogen (secondary N) is 1. The Hall–Kier alpha value is -2.28. The van der Waals surface area contributed by atoms with Crippen LogP contribution in [0.5, 0.6) is 0 Å². The summed E-state index contributed by atoms with van der Waals surface area (Å²) in [4.78, 5) is 37.7. The van der Waals surface area contributed by atoms with Crippen LogP contribution < -0.4 is 10.2 Å². The molecular formula is C17H11Cl3N2O4. The first-order chi connectivity index (χ1) is 12.4. The Morgan fingerprint density at radius 3 is 2.54 bits per heavy atom. The average Bonchev–Trinajstić information content (AvgIpc) is 2.62. The van der Waals surface area contributed by atoms with Crippen LogP contribution in [0, 0.1) is 0 Å². The van der Waals surface area contributed by atoms with Gasteiger partial charge < -0.3 is 10.1 Å². The van der Waals surface area contributed by atoms with Crippen molar-refractivity contribution in [2.24, 2.45) is 0 Å². The van der Waals surface area contributed by atoms with Gasteiger partial charge in [0, 0.05) is 0 Å². The second-order valence-corrected chi connectivity index (χ2v) is 6.53. The number of anilines is 2. The molecule has 1 heterocycles. The van der Waals surface area contributed by atoms with Gasteiger partial charge in [-0.15, -0.1) is 0 Å². The van der Waals surface area contributed by atoms with E-state index < -0.39 is 18.5 Å². The zero-order valence-corrected chi connectivity index (χ0v) is 15.4. The predicted octanol–water partition coefficient (Wildman–Crippen LogP) is 3.79. The number of halogens is 3. The van der Waals surface area contributed by atoms with Crippen molar-refractivity contribution in [3.8, 4) is 0 Å². The highest BCUT2D eigenvalue weighted by atomic mass is 35.5. The van der Waals surface area contributed by atoms with Gasteiger partial charge in [0.25, 0.3) is 5.91 Å². The summed E-state index contributed by atoms with van der Waals surface area (Å²) in [7, 11) is 0. The van der Waals surface area contributed by atoms with Crippen molar-refractivity contribution >= 4 is 64.0 Å². The van der Waals surface area contributed by atoms with E-state index in [0.29, 0.717) is 11.4 Å². The van der Waals surface area contributed by atoms with Crippen molar-refractivity contribution < 1.29 is 19.1 Å². The van der Waals surface area contributed by atoms with E-state index in [9.17, 15) is 14.4 Å². The van der Waals surface area contributed by atoms with Crippen LogP contribution in [0.15, 0.2) is 36.4 Å². The topological polar surface area (TPSA) is 75.7 Å². The molecule has 0 radical (unpaired) electrons. The first kappa shape index (κ1) is 18.5. The highest BCUT2D eigenvalue weighted by Crippen LogP contribution is 2.32. The summed E-state index contributed by atoms with van der Waals surface area (Å²) in [6.45, 7) is -0.758. The molecule has 0 atom stereocenters. The minimum atomic E-state index is -0.884. The van der Waals surface area contributed by atoms with Gasteiger partial charge in [-0.1, -0.05) is 46.9 Å². The number of fused-ring (bicyclic) bond motifs is 1. The number of carbonyl (C=O) groups is 3. The normalized spacial score (nSPS) is 13.0. The Balaban J connectivity index is 1.75. The summed E-state index contributed by atoms with van der Waals surface area (Å²) >= 11 is 17.8. The quantitative estimate of drug-likeness (QED) is 0.613. The third-order valence-electron chi connectivity index (χ3n) is 3.65.